The van der Waals surface area contributed by atoms with Gasteiger partial charge in [0.2, 0.25) is 0 Å². The van der Waals surface area contributed by atoms with Gasteiger partial charge in [-0.2, -0.15) is 13.2 Å². The Morgan fingerprint density at radius 3 is 2.83 bits per heavy atom. The van der Waals surface area contributed by atoms with Crippen molar-refractivity contribution in [3.05, 3.63) is 29.3 Å². The molecule has 0 spiro atoms. The Morgan fingerprint density at radius 2 is 2.11 bits per heavy atom. The van der Waals surface area contributed by atoms with Crippen molar-refractivity contribution in [2.45, 2.75) is 37.9 Å². The summed E-state index contributed by atoms with van der Waals surface area (Å²) in [4.78, 5) is 0. The smallest absolute Gasteiger partial charge is 0.390 e. The van der Waals surface area contributed by atoms with Gasteiger partial charge < -0.3 is 10.5 Å². The zero-order valence-electron chi connectivity index (χ0n) is 9.96. The van der Waals surface area contributed by atoms with E-state index in [1.807, 2.05) is 18.2 Å². The lowest BCUT2D eigenvalue weighted by molar-refractivity contribution is -0.138. The van der Waals surface area contributed by atoms with Gasteiger partial charge >= 0.3 is 6.18 Å². The van der Waals surface area contributed by atoms with Gasteiger partial charge in [0.1, 0.15) is 5.75 Å². The molecule has 0 bridgehead atoms. The summed E-state index contributed by atoms with van der Waals surface area (Å²) < 4.78 is 41.7. The van der Waals surface area contributed by atoms with Crippen LogP contribution in [-0.2, 0) is 12.8 Å². The molecule has 0 aliphatic carbocycles. The Kier molecular flexibility index (Phi) is 3.80. The van der Waals surface area contributed by atoms with Crippen LogP contribution < -0.4 is 10.5 Å². The molecule has 0 radical (unpaired) electrons. The second-order valence-corrected chi connectivity index (χ2v) is 4.66. The first-order chi connectivity index (χ1) is 8.44. The number of aryl methyl sites for hydroxylation is 1. The molecule has 100 valence electrons. The topological polar surface area (TPSA) is 35.2 Å². The minimum Gasteiger partial charge on any atom is -0.493 e. The van der Waals surface area contributed by atoms with Gasteiger partial charge in [0, 0.05) is 12.5 Å². The van der Waals surface area contributed by atoms with Gasteiger partial charge in [-0.3, -0.25) is 0 Å². The van der Waals surface area contributed by atoms with Crippen LogP contribution in [0, 0.1) is 0 Å². The number of fused-ring (bicyclic) bond motifs is 1. The molecule has 0 aromatic heterocycles. The standard InChI is InChI=1S/C13H16F3NO/c14-13(15,16)8-11(17)3-1-9-2-4-12-10(7-9)5-6-18-12/h2,4,7,11H,1,3,5-6,8,17H2. The lowest BCUT2D eigenvalue weighted by Crippen LogP contribution is -2.28. The number of halogens is 3. The predicted molar refractivity (Wildman–Crippen MR) is 62.6 cm³/mol. The Morgan fingerprint density at radius 1 is 1.33 bits per heavy atom. The summed E-state index contributed by atoms with van der Waals surface area (Å²) in [5.41, 5.74) is 7.64. The number of nitrogens with two attached hydrogens (primary N) is 1. The zero-order chi connectivity index (χ0) is 13.2. The molecule has 2 rings (SSSR count). The average Bonchev–Trinajstić information content (AvgIpc) is 2.71. The molecule has 1 unspecified atom stereocenters. The van der Waals surface area contributed by atoms with Crippen LogP contribution in [0.3, 0.4) is 0 Å². The number of benzene rings is 1. The fraction of sp³-hybridized carbons (Fsp3) is 0.538. The van der Waals surface area contributed by atoms with Crippen molar-refractivity contribution in [2.75, 3.05) is 6.61 Å². The summed E-state index contributed by atoms with van der Waals surface area (Å²) in [6.07, 6.45) is -3.30. The quantitative estimate of drug-likeness (QED) is 0.902. The maximum atomic E-state index is 12.1. The molecule has 1 atom stereocenters. The molecule has 18 heavy (non-hydrogen) atoms. The Labute approximate surface area is 104 Å². The van der Waals surface area contributed by atoms with E-state index in [0.717, 1.165) is 23.3 Å². The van der Waals surface area contributed by atoms with Gasteiger partial charge in [-0.1, -0.05) is 12.1 Å². The molecule has 1 aromatic carbocycles. The van der Waals surface area contributed by atoms with E-state index >= 15 is 0 Å². The van der Waals surface area contributed by atoms with Crippen molar-refractivity contribution in [1.29, 1.82) is 0 Å². The highest BCUT2D eigenvalue weighted by Crippen LogP contribution is 2.27. The van der Waals surface area contributed by atoms with E-state index < -0.39 is 18.6 Å². The molecule has 1 aliphatic heterocycles. The second kappa shape index (κ2) is 5.18. The van der Waals surface area contributed by atoms with Crippen LogP contribution in [-0.4, -0.2) is 18.8 Å². The van der Waals surface area contributed by atoms with Crippen molar-refractivity contribution < 1.29 is 17.9 Å². The van der Waals surface area contributed by atoms with Gasteiger partial charge in [0.25, 0.3) is 0 Å². The number of alkyl halides is 3. The number of hydrogen-bond donors (Lipinski definition) is 1. The first kappa shape index (κ1) is 13.2. The van der Waals surface area contributed by atoms with Gasteiger partial charge in [-0.05, 0) is 30.0 Å². The third-order valence-electron chi connectivity index (χ3n) is 3.05. The molecular formula is C13H16F3NO. The van der Waals surface area contributed by atoms with E-state index in [1.54, 1.807) is 0 Å². The molecule has 0 amide bonds. The van der Waals surface area contributed by atoms with E-state index in [9.17, 15) is 13.2 Å². The van der Waals surface area contributed by atoms with E-state index in [4.69, 9.17) is 10.5 Å². The molecule has 1 heterocycles. The normalized spacial score (nSPS) is 16.2. The van der Waals surface area contributed by atoms with Crippen LogP contribution in [0.25, 0.3) is 0 Å². The lowest BCUT2D eigenvalue weighted by atomic mass is 10.0. The van der Waals surface area contributed by atoms with E-state index in [1.165, 1.54) is 0 Å². The Bertz CT molecular complexity index is 417. The van der Waals surface area contributed by atoms with Gasteiger partial charge in [0.05, 0.1) is 13.0 Å². The lowest BCUT2D eigenvalue weighted by Gasteiger charge is -2.14. The summed E-state index contributed by atoms with van der Waals surface area (Å²) >= 11 is 0. The molecule has 0 fully saturated rings. The third-order valence-corrected chi connectivity index (χ3v) is 3.05. The Hall–Kier alpha value is -1.23. The van der Waals surface area contributed by atoms with Crippen molar-refractivity contribution in [1.82, 2.24) is 0 Å². The van der Waals surface area contributed by atoms with E-state index in [2.05, 4.69) is 0 Å². The molecule has 2 nitrogen and oxygen atoms in total. The van der Waals surface area contributed by atoms with Crippen LogP contribution in [0.2, 0.25) is 0 Å². The maximum Gasteiger partial charge on any atom is 0.390 e. The fourth-order valence-electron chi connectivity index (χ4n) is 2.15. The SMILES string of the molecule is NC(CCc1ccc2c(c1)CCO2)CC(F)(F)F. The van der Waals surface area contributed by atoms with Crippen LogP contribution in [0.4, 0.5) is 13.2 Å². The van der Waals surface area contributed by atoms with Gasteiger partial charge in [0.15, 0.2) is 0 Å². The summed E-state index contributed by atoms with van der Waals surface area (Å²) in [6.45, 7) is 0.687. The number of rotatable bonds is 4. The molecule has 1 aliphatic rings. The highest BCUT2D eigenvalue weighted by atomic mass is 19.4. The molecule has 1 aromatic rings. The largest absolute Gasteiger partial charge is 0.493 e. The highest BCUT2D eigenvalue weighted by Gasteiger charge is 2.30. The van der Waals surface area contributed by atoms with E-state index in [0.29, 0.717) is 19.4 Å². The fourth-order valence-corrected chi connectivity index (χ4v) is 2.15. The van der Waals surface area contributed by atoms with Crippen LogP contribution >= 0.6 is 0 Å². The van der Waals surface area contributed by atoms with Gasteiger partial charge in [-0.25, -0.2) is 0 Å². The van der Waals surface area contributed by atoms with Crippen LogP contribution in [0.5, 0.6) is 5.75 Å². The van der Waals surface area contributed by atoms with Crippen molar-refractivity contribution in [3.63, 3.8) is 0 Å². The van der Waals surface area contributed by atoms with Crippen molar-refractivity contribution in [3.8, 4) is 5.75 Å². The average molecular weight is 259 g/mol. The molecule has 0 saturated heterocycles. The Balaban J connectivity index is 1.87. The third kappa shape index (κ3) is 3.63. The van der Waals surface area contributed by atoms with E-state index in [-0.39, 0.29) is 0 Å². The molecule has 2 N–H and O–H groups in total. The van der Waals surface area contributed by atoms with Gasteiger partial charge in [-0.15, -0.1) is 0 Å². The number of ether oxygens (including phenoxy) is 1. The minimum atomic E-state index is -4.18. The first-order valence-corrected chi connectivity index (χ1v) is 6.01. The number of hydrogen-bond acceptors (Lipinski definition) is 2. The van der Waals surface area contributed by atoms with Crippen molar-refractivity contribution >= 4 is 0 Å². The van der Waals surface area contributed by atoms with Crippen LogP contribution in [0.1, 0.15) is 24.0 Å². The predicted octanol–water partition coefficient (Wildman–Crippen LogP) is 2.83. The summed E-state index contributed by atoms with van der Waals surface area (Å²) in [6, 6.07) is 4.95. The van der Waals surface area contributed by atoms with Crippen molar-refractivity contribution in [2.24, 2.45) is 5.73 Å². The minimum absolute atomic E-state index is 0.346. The molecule has 0 saturated carbocycles. The highest BCUT2D eigenvalue weighted by molar-refractivity contribution is 5.39. The molecule has 5 heteroatoms. The summed E-state index contributed by atoms with van der Waals surface area (Å²) in [5, 5.41) is 0. The monoisotopic (exact) mass is 259 g/mol. The van der Waals surface area contributed by atoms with Crippen LogP contribution in [0.15, 0.2) is 18.2 Å². The maximum absolute atomic E-state index is 12.1. The summed E-state index contributed by atoms with van der Waals surface area (Å²) in [5.74, 6) is 0.887. The second-order valence-electron chi connectivity index (χ2n) is 4.66. The first-order valence-electron chi connectivity index (χ1n) is 6.01. The molecular weight excluding hydrogens is 243 g/mol. The zero-order valence-corrected chi connectivity index (χ0v) is 9.96. The summed E-state index contributed by atoms with van der Waals surface area (Å²) in [7, 11) is 0.